The molecule has 0 atom stereocenters. The first kappa shape index (κ1) is 15.5. The highest BCUT2D eigenvalue weighted by Crippen LogP contribution is 2.41. The van der Waals surface area contributed by atoms with Gasteiger partial charge in [-0.15, -0.1) is 0 Å². The number of carbonyl (C=O) groups excluding carboxylic acids is 2. The summed E-state index contributed by atoms with van der Waals surface area (Å²) in [5, 5.41) is 9.31. The SMILES string of the molecule is COC(=O)CCN(C)C(=O)CC1(C(=O)O)CCCC1. The highest BCUT2D eigenvalue weighted by molar-refractivity contribution is 5.85. The maximum absolute atomic E-state index is 12.0. The van der Waals surface area contributed by atoms with Gasteiger partial charge in [0.15, 0.2) is 0 Å². The van der Waals surface area contributed by atoms with E-state index in [1.165, 1.54) is 12.0 Å². The molecule has 0 heterocycles. The lowest BCUT2D eigenvalue weighted by molar-refractivity contribution is -0.153. The second-order valence-electron chi connectivity index (χ2n) is 5.11. The van der Waals surface area contributed by atoms with Crippen molar-refractivity contribution in [3.8, 4) is 0 Å². The number of carboxylic acids is 1. The van der Waals surface area contributed by atoms with Crippen LogP contribution in [0.4, 0.5) is 0 Å². The van der Waals surface area contributed by atoms with Crippen molar-refractivity contribution in [2.45, 2.75) is 38.5 Å². The van der Waals surface area contributed by atoms with E-state index in [-0.39, 0.29) is 31.3 Å². The minimum Gasteiger partial charge on any atom is -0.481 e. The van der Waals surface area contributed by atoms with E-state index >= 15 is 0 Å². The summed E-state index contributed by atoms with van der Waals surface area (Å²) in [5.41, 5.74) is -0.906. The lowest BCUT2D eigenvalue weighted by atomic mass is 9.82. The first-order valence-electron chi connectivity index (χ1n) is 6.45. The lowest BCUT2D eigenvalue weighted by Crippen LogP contribution is -2.37. The van der Waals surface area contributed by atoms with Crippen molar-refractivity contribution in [1.29, 1.82) is 0 Å². The number of hydrogen-bond acceptors (Lipinski definition) is 4. The summed E-state index contributed by atoms with van der Waals surface area (Å²) in [5.74, 6) is -1.50. The zero-order valence-electron chi connectivity index (χ0n) is 11.5. The first-order valence-corrected chi connectivity index (χ1v) is 6.45. The maximum Gasteiger partial charge on any atom is 0.310 e. The van der Waals surface area contributed by atoms with Crippen LogP contribution in [0.25, 0.3) is 0 Å². The molecule has 1 N–H and O–H groups in total. The molecule has 1 aliphatic rings. The van der Waals surface area contributed by atoms with Crippen molar-refractivity contribution in [1.82, 2.24) is 4.90 Å². The summed E-state index contributed by atoms with van der Waals surface area (Å²) in [6.07, 6.45) is 2.95. The van der Waals surface area contributed by atoms with Crippen LogP contribution in [-0.4, -0.2) is 48.6 Å². The van der Waals surface area contributed by atoms with Gasteiger partial charge in [-0.25, -0.2) is 0 Å². The van der Waals surface area contributed by atoms with Crippen LogP contribution in [0.1, 0.15) is 38.5 Å². The number of amides is 1. The van der Waals surface area contributed by atoms with Crippen LogP contribution in [0, 0.1) is 5.41 Å². The smallest absolute Gasteiger partial charge is 0.310 e. The zero-order valence-corrected chi connectivity index (χ0v) is 11.5. The van der Waals surface area contributed by atoms with Crippen LogP contribution >= 0.6 is 0 Å². The molecule has 0 unspecified atom stereocenters. The molecule has 0 aromatic rings. The number of aliphatic carboxylic acids is 1. The number of rotatable bonds is 6. The fraction of sp³-hybridized carbons (Fsp3) is 0.769. The third-order valence-electron chi connectivity index (χ3n) is 3.81. The Hall–Kier alpha value is -1.59. The zero-order chi connectivity index (χ0) is 14.5. The van der Waals surface area contributed by atoms with E-state index in [0.29, 0.717) is 12.8 Å². The Kier molecular flexibility index (Phi) is 5.32. The molecule has 0 spiro atoms. The standard InChI is InChI=1S/C13H21NO5/c1-14(8-5-11(16)19-2)10(15)9-13(12(17)18)6-3-4-7-13/h3-9H2,1-2H3,(H,17,18). The van der Waals surface area contributed by atoms with Gasteiger partial charge >= 0.3 is 11.9 Å². The van der Waals surface area contributed by atoms with E-state index in [2.05, 4.69) is 4.74 Å². The molecule has 1 aliphatic carbocycles. The Morgan fingerprint density at radius 1 is 1.26 bits per heavy atom. The topological polar surface area (TPSA) is 83.9 Å². The molecule has 108 valence electrons. The van der Waals surface area contributed by atoms with Gasteiger partial charge in [-0.3, -0.25) is 14.4 Å². The van der Waals surface area contributed by atoms with E-state index < -0.39 is 11.4 Å². The molecule has 0 saturated heterocycles. The molecular formula is C13H21NO5. The number of methoxy groups -OCH3 is 1. The van der Waals surface area contributed by atoms with E-state index in [9.17, 15) is 19.5 Å². The fourth-order valence-electron chi connectivity index (χ4n) is 2.43. The molecule has 6 heteroatoms. The molecule has 1 fully saturated rings. The number of carbonyl (C=O) groups is 3. The number of carboxylic acid groups (broad SMARTS) is 1. The number of esters is 1. The predicted molar refractivity (Wildman–Crippen MR) is 67.4 cm³/mol. The van der Waals surface area contributed by atoms with Crippen LogP contribution in [0.2, 0.25) is 0 Å². The van der Waals surface area contributed by atoms with Crippen molar-refractivity contribution in [3.05, 3.63) is 0 Å². The molecule has 0 radical (unpaired) electrons. The maximum atomic E-state index is 12.0. The van der Waals surface area contributed by atoms with Gasteiger partial charge in [0.1, 0.15) is 0 Å². The lowest BCUT2D eigenvalue weighted by Gasteiger charge is -2.26. The van der Waals surface area contributed by atoms with Gasteiger partial charge in [0, 0.05) is 20.0 Å². The van der Waals surface area contributed by atoms with Crippen LogP contribution < -0.4 is 0 Å². The molecule has 0 aliphatic heterocycles. The van der Waals surface area contributed by atoms with Crippen LogP contribution in [0.15, 0.2) is 0 Å². The van der Waals surface area contributed by atoms with E-state index in [4.69, 9.17) is 0 Å². The monoisotopic (exact) mass is 271 g/mol. The van der Waals surface area contributed by atoms with Gasteiger partial charge in [0.25, 0.3) is 0 Å². The largest absolute Gasteiger partial charge is 0.481 e. The van der Waals surface area contributed by atoms with Gasteiger partial charge in [-0.1, -0.05) is 12.8 Å². The van der Waals surface area contributed by atoms with E-state index in [1.807, 2.05) is 0 Å². The molecular weight excluding hydrogens is 250 g/mol. The van der Waals surface area contributed by atoms with E-state index in [1.54, 1.807) is 7.05 Å². The Bertz CT molecular complexity index is 360. The molecule has 6 nitrogen and oxygen atoms in total. The number of nitrogens with zero attached hydrogens (tertiary/aromatic N) is 1. The molecule has 0 aromatic heterocycles. The van der Waals surface area contributed by atoms with Gasteiger partial charge < -0.3 is 14.7 Å². The summed E-state index contributed by atoms with van der Waals surface area (Å²) in [6, 6.07) is 0. The van der Waals surface area contributed by atoms with Gasteiger partial charge in [0.05, 0.1) is 18.9 Å². The Morgan fingerprint density at radius 2 is 1.84 bits per heavy atom. The van der Waals surface area contributed by atoms with Crippen molar-refractivity contribution in [2.75, 3.05) is 20.7 Å². The minimum atomic E-state index is -0.906. The second-order valence-corrected chi connectivity index (χ2v) is 5.11. The summed E-state index contributed by atoms with van der Waals surface area (Å²) < 4.78 is 4.50. The summed E-state index contributed by atoms with van der Waals surface area (Å²) in [4.78, 5) is 35.8. The minimum absolute atomic E-state index is 0.0139. The Balaban J connectivity index is 2.53. The molecule has 1 amide bonds. The van der Waals surface area contributed by atoms with Crippen molar-refractivity contribution < 1.29 is 24.2 Å². The summed E-state index contributed by atoms with van der Waals surface area (Å²) in [6.45, 7) is 0.251. The summed E-state index contributed by atoms with van der Waals surface area (Å²) >= 11 is 0. The van der Waals surface area contributed by atoms with Crippen LogP contribution in [0.5, 0.6) is 0 Å². The molecule has 1 saturated carbocycles. The van der Waals surface area contributed by atoms with Crippen molar-refractivity contribution >= 4 is 17.8 Å². The molecule has 1 rings (SSSR count). The van der Waals surface area contributed by atoms with Crippen molar-refractivity contribution in [3.63, 3.8) is 0 Å². The third-order valence-corrected chi connectivity index (χ3v) is 3.81. The van der Waals surface area contributed by atoms with Crippen LogP contribution in [0.3, 0.4) is 0 Å². The van der Waals surface area contributed by atoms with E-state index in [0.717, 1.165) is 12.8 Å². The average Bonchev–Trinajstić information content (AvgIpc) is 2.85. The fourth-order valence-corrected chi connectivity index (χ4v) is 2.43. The quantitative estimate of drug-likeness (QED) is 0.730. The normalized spacial score (nSPS) is 16.9. The highest BCUT2D eigenvalue weighted by atomic mass is 16.5. The molecule has 0 bridgehead atoms. The number of ether oxygens (including phenoxy) is 1. The highest BCUT2D eigenvalue weighted by Gasteiger charge is 2.43. The van der Waals surface area contributed by atoms with Gasteiger partial charge in [0.2, 0.25) is 5.91 Å². The van der Waals surface area contributed by atoms with Gasteiger partial charge in [-0.05, 0) is 12.8 Å². The average molecular weight is 271 g/mol. The molecule has 19 heavy (non-hydrogen) atoms. The molecule has 0 aromatic carbocycles. The van der Waals surface area contributed by atoms with Crippen molar-refractivity contribution in [2.24, 2.45) is 5.41 Å². The first-order chi connectivity index (χ1) is 8.91. The third kappa shape index (κ3) is 3.94. The van der Waals surface area contributed by atoms with Crippen LogP contribution in [-0.2, 0) is 19.1 Å². The Morgan fingerprint density at radius 3 is 2.32 bits per heavy atom. The number of hydrogen-bond donors (Lipinski definition) is 1. The predicted octanol–water partition coefficient (Wildman–Crippen LogP) is 1.04. The summed E-state index contributed by atoms with van der Waals surface area (Å²) in [7, 11) is 2.87. The Labute approximate surface area is 112 Å². The van der Waals surface area contributed by atoms with Gasteiger partial charge in [-0.2, -0.15) is 0 Å². The second kappa shape index (κ2) is 6.54.